The molecule has 4 heteroatoms. The van der Waals surface area contributed by atoms with Crippen LogP contribution in [0.1, 0.15) is 23.5 Å². The average molecular weight is 312 g/mol. The number of aromatic nitrogens is 1. The van der Waals surface area contributed by atoms with Crippen LogP contribution >= 0.6 is 0 Å². The topological polar surface area (TPSA) is 37.0 Å². The first kappa shape index (κ1) is 15.6. The molecule has 0 aliphatic heterocycles. The third-order valence-electron chi connectivity index (χ3n) is 4.25. The molecule has 0 saturated heterocycles. The number of benzene rings is 2. The first-order chi connectivity index (χ1) is 11.2. The van der Waals surface area contributed by atoms with Gasteiger partial charge in [0.1, 0.15) is 11.6 Å². The van der Waals surface area contributed by atoms with Crippen LogP contribution in [0.25, 0.3) is 10.9 Å². The summed E-state index contributed by atoms with van der Waals surface area (Å²) in [6, 6.07) is 12.8. The van der Waals surface area contributed by atoms with Crippen molar-refractivity contribution in [3.63, 3.8) is 0 Å². The van der Waals surface area contributed by atoms with E-state index in [2.05, 4.69) is 10.3 Å². The minimum Gasteiger partial charge on any atom is -0.496 e. The van der Waals surface area contributed by atoms with Gasteiger partial charge >= 0.3 is 0 Å². The van der Waals surface area contributed by atoms with Crippen LogP contribution in [-0.4, -0.2) is 25.7 Å². The molecule has 1 unspecified atom stereocenters. The maximum Gasteiger partial charge on any atom is 0.128 e. The van der Waals surface area contributed by atoms with Crippen LogP contribution in [0.5, 0.6) is 5.75 Å². The summed E-state index contributed by atoms with van der Waals surface area (Å²) in [5.41, 5.74) is 3.34. The van der Waals surface area contributed by atoms with Gasteiger partial charge in [-0.15, -0.1) is 0 Å². The van der Waals surface area contributed by atoms with Gasteiger partial charge in [0.2, 0.25) is 0 Å². The zero-order valence-corrected chi connectivity index (χ0v) is 13.4. The second-order valence-electron chi connectivity index (χ2n) is 5.62. The van der Waals surface area contributed by atoms with Crippen molar-refractivity contribution in [3.05, 3.63) is 65.6 Å². The summed E-state index contributed by atoms with van der Waals surface area (Å²) in [6.07, 6.45) is 2.96. The van der Waals surface area contributed by atoms with E-state index in [4.69, 9.17) is 4.74 Å². The minimum absolute atomic E-state index is 0.174. The average Bonchev–Trinajstić information content (AvgIpc) is 3.01. The van der Waals surface area contributed by atoms with Gasteiger partial charge in [0.05, 0.1) is 7.11 Å². The van der Waals surface area contributed by atoms with Gasteiger partial charge in [-0.25, -0.2) is 4.39 Å². The molecule has 0 aliphatic rings. The Labute approximate surface area is 135 Å². The minimum atomic E-state index is -0.211. The number of fused-ring (bicyclic) bond motifs is 1. The lowest BCUT2D eigenvalue weighted by atomic mass is 9.88. The molecule has 2 aromatic carbocycles. The maximum atomic E-state index is 13.3. The van der Waals surface area contributed by atoms with Crippen LogP contribution in [0.4, 0.5) is 4.39 Å². The van der Waals surface area contributed by atoms with Gasteiger partial charge in [-0.3, -0.25) is 0 Å². The second-order valence-corrected chi connectivity index (χ2v) is 5.62. The lowest BCUT2D eigenvalue weighted by molar-refractivity contribution is 0.419. The normalized spacial score (nSPS) is 12.5. The first-order valence-electron chi connectivity index (χ1n) is 7.78. The van der Waals surface area contributed by atoms with Crippen molar-refractivity contribution in [1.29, 1.82) is 0 Å². The van der Waals surface area contributed by atoms with Crippen molar-refractivity contribution in [3.8, 4) is 5.75 Å². The van der Waals surface area contributed by atoms with Gasteiger partial charge < -0.3 is 15.0 Å². The molecule has 0 saturated carbocycles. The van der Waals surface area contributed by atoms with Crippen LogP contribution < -0.4 is 10.1 Å². The zero-order valence-electron chi connectivity index (χ0n) is 13.4. The Hall–Kier alpha value is -2.33. The molecule has 0 amide bonds. The first-order valence-corrected chi connectivity index (χ1v) is 7.78. The van der Waals surface area contributed by atoms with Crippen molar-refractivity contribution >= 4 is 10.9 Å². The molecule has 0 radical (unpaired) electrons. The Bertz CT molecular complexity index is 780. The summed E-state index contributed by atoms with van der Waals surface area (Å²) in [7, 11) is 3.63. The SMILES string of the molecule is CNCCC(c1ccc(F)cc1)c1c[nH]c2cccc(OC)c12. The van der Waals surface area contributed by atoms with E-state index in [0.717, 1.165) is 35.2 Å². The molecule has 0 spiro atoms. The third kappa shape index (κ3) is 3.08. The summed E-state index contributed by atoms with van der Waals surface area (Å²) >= 11 is 0. The van der Waals surface area contributed by atoms with E-state index < -0.39 is 0 Å². The Balaban J connectivity index is 2.11. The molecule has 1 atom stereocenters. The fourth-order valence-corrected chi connectivity index (χ4v) is 3.11. The maximum absolute atomic E-state index is 13.3. The molecule has 0 bridgehead atoms. The van der Waals surface area contributed by atoms with E-state index in [1.807, 2.05) is 43.6 Å². The number of halogens is 1. The molecule has 0 aliphatic carbocycles. The Morgan fingerprint density at radius 1 is 1.17 bits per heavy atom. The van der Waals surface area contributed by atoms with Crippen molar-refractivity contribution in [1.82, 2.24) is 10.3 Å². The van der Waals surface area contributed by atoms with Gasteiger partial charge in [0.15, 0.2) is 0 Å². The third-order valence-corrected chi connectivity index (χ3v) is 4.25. The van der Waals surface area contributed by atoms with E-state index in [0.29, 0.717) is 0 Å². The number of aromatic amines is 1. The molecule has 3 rings (SSSR count). The number of hydrogen-bond acceptors (Lipinski definition) is 2. The second kappa shape index (κ2) is 6.84. The number of H-pyrrole nitrogens is 1. The summed E-state index contributed by atoms with van der Waals surface area (Å²) in [5, 5.41) is 4.30. The fourth-order valence-electron chi connectivity index (χ4n) is 3.11. The molecule has 23 heavy (non-hydrogen) atoms. The van der Waals surface area contributed by atoms with Crippen molar-refractivity contribution in [2.75, 3.05) is 20.7 Å². The van der Waals surface area contributed by atoms with Gasteiger partial charge in [0.25, 0.3) is 0 Å². The van der Waals surface area contributed by atoms with E-state index >= 15 is 0 Å². The van der Waals surface area contributed by atoms with Gasteiger partial charge in [-0.05, 0) is 55.4 Å². The summed E-state index contributed by atoms with van der Waals surface area (Å²) in [5.74, 6) is 0.820. The largest absolute Gasteiger partial charge is 0.496 e. The molecule has 1 aromatic heterocycles. The van der Waals surface area contributed by atoms with Crippen molar-refractivity contribution in [2.24, 2.45) is 0 Å². The van der Waals surface area contributed by atoms with Crippen LogP contribution in [0.3, 0.4) is 0 Å². The monoisotopic (exact) mass is 312 g/mol. The standard InChI is InChI=1S/C19H21FN2O/c1-21-11-10-15(13-6-8-14(20)9-7-13)16-12-22-17-4-3-5-18(23-2)19(16)17/h3-9,12,15,21-22H,10-11H2,1-2H3. The van der Waals surface area contributed by atoms with E-state index in [1.165, 1.54) is 17.7 Å². The Kier molecular flexibility index (Phi) is 4.63. The number of methoxy groups -OCH3 is 1. The smallest absolute Gasteiger partial charge is 0.128 e. The molecule has 120 valence electrons. The highest BCUT2D eigenvalue weighted by Crippen LogP contribution is 2.37. The quantitative estimate of drug-likeness (QED) is 0.720. The van der Waals surface area contributed by atoms with Crippen LogP contribution in [-0.2, 0) is 0 Å². The highest BCUT2D eigenvalue weighted by atomic mass is 19.1. The van der Waals surface area contributed by atoms with Gasteiger partial charge in [-0.1, -0.05) is 18.2 Å². The highest BCUT2D eigenvalue weighted by molar-refractivity contribution is 5.90. The molecule has 0 fully saturated rings. The molecule has 2 N–H and O–H groups in total. The lowest BCUT2D eigenvalue weighted by Crippen LogP contribution is -2.13. The summed E-state index contributed by atoms with van der Waals surface area (Å²) < 4.78 is 18.8. The van der Waals surface area contributed by atoms with E-state index in [9.17, 15) is 4.39 Å². The van der Waals surface area contributed by atoms with Crippen molar-refractivity contribution < 1.29 is 9.13 Å². The Morgan fingerprint density at radius 3 is 2.65 bits per heavy atom. The van der Waals surface area contributed by atoms with Gasteiger partial charge in [0, 0.05) is 23.0 Å². The Morgan fingerprint density at radius 2 is 1.96 bits per heavy atom. The molecule has 1 heterocycles. The van der Waals surface area contributed by atoms with Crippen LogP contribution in [0.15, 0.2) is 48.7 Å². The van der Waals surface area contributed by atoms with Crippen LogP contribution in [0.2, 0.25) is 0 Å². The summed E-state index contributed by atoms with van der Waals surface area (Å²) in [6.45, 7) is 0.879. The number of rotatable bonds is 6. The predicted molar refractivity (Wildman–Crippen MR) is 91.6 cm³/mol. The zero-order chi connectivity index (χ0) is 16.2. The molecule has 3 aromatic rings. The number of nitrogens with one attached hydrogen (secondary N) is 2. The molecular weight excluding hydrogens is 291 g/mol. The molecule has 3 nitrogen and oxygen atoms in total. The molecular formula is C19H21FN2O. The van der Waals surface area contributed by atoms with E-state index in [-0.39, 0.29) is 11.7 Å². The predicted octanol–water partition coefficient (Wildman–Crippen LogP) is 4.06. The number of hydrogen-bond donors (Lipinski definition) is 2. The van der Waals surface area contributed by atoms with E-state index in [1.54, 1.807) is 7.11 Å². The lowest BCUT2D eigenvalue weighted by Gasteiger charge is -2.18. The highest BCUT2D eigenvalue weighted by Gasteiger charge is 2.20. The number of ether oxygens (including phenoxy) is 1. The fraction of sp³-hybridized carbons (Fsp3) is 0.263. The van der Waals surface area contributed by atoms with Gasteiger partial charge in [-0.2, -0.15) is 0 Å². The van der Waals surface area contributed by atoms with Crippen molar-refractivity contribution in [2.45, 2.75) is 12.3 Å². The summed E-state index contributed by atoms with van der Waals surface area (Å²) in [4.78, 5) is 3.33. The van der Waals surface area contributed by atoms with Crippen LogP contribution in [0, 0.1) is 5.82 Å².